The summed E-state index contributed by atoms with van der Waals surface area (Å²) in [5.41, 5.74) is 0.893. The summed E-state index contributed by atoms with van der Waals surface area (Å²) in [6, 6.07) is 10.9. The van der Waals surface area contributed by atoms with Crippen LogP contribution in [0.1, 0.15) is 29.3 Å². The van der Waals surface area contributed by atoms with Crippen molar-refractivity contribution >= 4 is 29.0 Å². The van der Waals surface area contributed by atoms with Gasteiger partial charge < -0.3 is 14.8 Å². The van der Waals surface area contributed by atoms with Crippen molar-refractivity contribution in [1.29, 1.82) is 0 Å². The summed E-state index contributed by atoms with van der Waals surface area (Å²) >= 11 is 0. The highest BCUT2D eigenvalue weighted by molar-refractivity contribution is 5.95. The lowest BCUT2D eigenvalue weighted by molar-refractivity contribution is -0.384. The second-order valence-corrected chi connectivity index (χ2v) is 6.11. The van der Waals surface area contributed by atoms with Crippen molar-refractivity contribution in [3.05, 3.63) is 63.7 Å². The third kappa shape index (κ3) is 6.42. The minimum Gasteiger partial charge on any atom is -0.493 e. The maximum atomic E-state index is 12.0. The molecule has 0 unspecified atom stereocenters. The van der Waals surface area contributed by atoms with Gasteiger partial charge in [0.15, 0.2) is 12.4 Å². The van der Waals surface area contributed by atoms with E-state index in [1.807, 2.05) is 0 Å². The normalized spacial score (nSPS) is 10.1. The van der Waals surface area contributed by atoms with Gasteiger partial charge in [-0.2, -0.15) is 0 Å². The Morgan fingerprint density at radius 3 is 2.41 bits per heavy atom. The number of Topliss-reactive ketones (excluding diaryl/α,β-unsaturated/α-hetero) is 1. The molecule has 0 saturated carbocycles. The number of nitro groups is 1. The third-order valence-corrected chi connectivity index (χ3v) is 3.91. The van der Waals surface area contributed by atoms with E-state index >= 15 is 0 Å². The Hall–Kier alpha value is -3.75. The maximum absolute atomic E-state index is 12.0. The van der Waals surface area contributed by atoms with Gasteiger partial charge in [0, 0.05) is 11.6 Å². The Balaban J connectivity index is 1.77. The van der Waals surface area contributed by atoms with Gasteiger partial charge >= 0.3 is 5.97 Å². The second kappa shape index (κ2) is 9.98. The molecule has 2 aromatic rings. The molecule has 0 atom stereocenters. The summed E-state index contributed by atoms with van der Waals surface area (Å²) < 4.78 is 10.2. The standard InChI is InChI=1S/C20H20N2O7/c1-13-4-3-5-17(22(26)27)20(13)21-18(24)12-29-19(25)10-11-28-16-8-6-15(7-9-16)14(2)23/h3-9H,10-12H2,1-2H3,(H,21,24). The Bertz CT molecular complexity index is 923. The third-order valence-electron chi connectivity index (χ3n) is 3.91. The number of ether oxygens (including phenoxy) is 2. The average molecular weight is 400 g/mol. The Kier molecular flexibility index (Phi) is 7.41. The molecule has 152 valence electrons. The Morgan fingerprint density at radius 1 is 1.10 bits per heavy atom. The molecule has 9 heteroatoms. The zero-order valence-corrected chi connectivity index (χ0v) is 16.0. The molecule has 0 radical (unpaired) electrons. The van der Waals surface area contributed by atoms with Crippen LogP contribution in [-0.2, 0) is 14.3 Å². The molecule has 0 aliphatic rings. The van der Waals surface area contributed by atoms with Gasteiger partial charge in [-0.15, -0.1) is 0 Å². The van der Waals surface area contributed by atoms with Crippen LogP contribution in [0.3, 0.4) is 0 Å². The first-order chi connectivity index (χ1) is 13.8. The number of para-hydroxylation sites is 1. The van der Waals surface area contributed by atoms with Gasteiger partial charge in [-0.1, -0.05) is 12.1 Å². The molecule has 0 aliphatic carbocycles. The summed E-state index contributed by atoms with van der Waals surface area (Å²) in [7, 11) is 0. The predicted octanol–water partition coefficient (Wildman–Crippen LogP) is 3.06. The van der Waals surface area contributed by atoms with Crippen LogP contribution in [0.4, 0.5) is 11.4 Å². The van der Waals surface area contributed by atoms with Crippen LogP contribution in [0.25, 0.3) is 0 Å². The number of amides is 1. The first-order valence-electron chi connectivity index (χ1n) is 8.71. The van der Waals surface area contributed by atoms with E-state index in [0.717, 1.165) is 0 Å². The van der Waals surface area contributed by atoms with E-state index in [0.29, 0.717) is 16.9 Å². The summed E-state index contributed by atoms with van der Waals surface area (Å²) in [6.07, 6.45) is -0.0910. The molecule has 29 heavy (non-hydrogen) atoms. The minimum absolute atomic E-state index is 0.0309. The van der Waals surface area contributed by atoms with Crippen LogP contribution >= 0.6 is 0 Å². The van der Waals surface area contributed by atoms with Gasteiger partial charge in [-0.25, -0.2) is 0 Å². The molecule has 0 spiro atoms. The number of hydrogen-bond acceptors (Lipinski definition) is 7. The van der Waals surface area contributed by atoms with Crippen LogP contribution < -0.4 is 10.1 Å². The number of ketones is 1. The van der Waals surface area contributed by atoms with Crippen LogP contribution in [0.5, 0.6) is 5.75 Å². The Labute approximate surface area is 166 Å². The monoisotopic (exact) mass is 400 g/mol. The predicted molar refractivity (Wildman–Crippen MR) is 104 cm³/mol. The number of rotatable bonds is 9. The van der Waals surface area contributed by atoms with Crippen LogP contribution in [0.15, 0.2) is 42.5 Å². The quantitative estimate of drug-likeness (QED) is 0.297. The number of carbonyl (C=O) groups is 3. The van der Waals surface area contributed by atoms with E-state index in [1.165, 1.54) is 19.1 Å². The molecular weight excluding hydrogens is 380 g/mol. The zero-order valence-electron chi connectivity index (χ0n) is 16.0. The van der Waals surface area contributed by atoms with Crippen molar-refractivity contribution in [2.45, 2.75) is 20.3 Å². The van der Waals surface area contributed by atoms with Gasteiger partial charge in [0.05, 0.1) is 18.0 Å². The van der Waals surface area contributed by atoms with E-state index in [9.17, 15) is 24.5 Å². The van der Waals surface area contributed by atoms with Gasteiger partial charge in [0.25, 0.3) is 11.6 Å². The van der Waals surface area contributed by atoms with Crippen molar-refractivity contribution in [2.24, 2.45) is 0 Å². The van der Waals surface area contributed by atoms with Crippen molar-refractivity contribution in [3.63, 3.8) is 0 Å². The number of hydrogen-bond donors (Lipinski definition) is 1. The van der Waals surface area contributed by atoms with Gasteiger partial charge in [-0.3, -0.25) is 24.5 Å². The molecule has 2 rings (SSSR count). The molecule has 9 nitrogen and oxygen atoms in total. The highest BCUT2D eigenvalue weighted by atomic mass is 16.6. The number of aryl methyl sites for hydroxylation is 1. The number of nitrogens with zero attached hydrogens (tertiary/aromatic N) is 1. The van der Waals surface area contributed by atoms with Crippen LogP contribution in [0.2, 0.25) is 0 Å². The average Bonchev–Trinajstić information content (AvgIpc) is 2.68. The summed E-state index contributed by atoms with van der Waals surface area (Å²) in [6.45, 7) is 2.54. The van der Waals surface area contributed by atoms with Crippen molar-refractivity contribution in [2.75, 3.05) is 18.5 Å². The lowest BCUT2D eigenvalue weighted by Crippen LogP contribution is -2.22. The summed E-state index contributed by atoms with van der Waals surface area (Å²) in [5, 5.41) is 13.4. The van der Waals surface area contributed by atoms with Gasteiger partial charge in [0.1, 0.15) is 11.4 Å². The fourth-order valence-corrected chi connectivity index (χ4v) is 2.40. The van der Waals surface area contributed by atoms with Gasteiger partial charge in [0.2, 0.25) is 0 Å². The Morgan fingerprint density at radius 2 is 1.79 bits per heavy atom. The maximum Gasteiger partial charge on any atom is 0.309 e. The number of anilines is 1. The highest BCUT2D eigenvalue weighted by Gasteiger charge is 2.18. The lowest BCUT2D eigenvalue weighted by atomic mass is 10.1. The SMILES string of the molecule is CC(=O)c1ccc(OCCC(=O)OCC(=O)Nc2c(C)cccc2[N+](=O)[O-])cc1. The molecular formula is C20H20N2O7. The van der Waals surface area contributed by atoms with Crippen LogP contribution in [0, 0.1) is 17.0 Å². The van der Waals surface area contributed by atoms with E-state index in [4.69, 9.17) is 9.47 Å². The van der Waals surface area contributed by atoms with Crippen LogP contribution in [-0.4, -0.2) is 35.8 Å². The van der Waals surface area contributed by atoms with Crippen molar-refractivity contribution in [1.82, 2.24) is 0 Å². The number of esters is 1. The molecule has 0 bridgehead atoms. The molecule has 0 aromatic heterocycles. The minimum atomic E-state index is -0.684. The molecule has 0 aliphatic heterocycles. The van der Waals surface area contributed by atoms with E-state index in [-0.39, 0.29) is 30.2 Å². The fourth-order valence-electron chi connectivity index (χ4n) is 2.40. The zero-order chi connectivity index (χ0) is 21.4. The van der Waals surface area contributed by atoms with Gasteiger partial charge in [-0.05, 0) is 43.7 Å². The number of nitro benzene ring substituents is 1. The molecule has 0 heterocycles. The molecule has 2 aromatic carbocycles. The topological polar surface area (TPSA) is 125 Å². The van der Waals surface area contributed by atoms with E-state index in [1.54, 1.807) is 37.3 Å². The largest absolute Gasteiger partial charge is 0.493 e. The smallest absolute Gasteiger partial charge is 0.309 e. The molecule has 1 N–H and O–H groups in total. The van der Waals surface area contributed by atoms with E-state index < -0.39 is 23.4 Å². The lowest BCUT2D eigenvalue weighted by Gasteiger charge is -2.10. The molecule has 1 amide bonds. The highest BCUT2D eigenvalue weighted by Crippen LogP contribution is 2.27. The first kappa shape index (κ1) is 21.5. The van der Waals surface area contributed by atoms with E-state index in [2.05, 4.69) is 5.32 Å². The van der Waals surface area contributed by atoms with Crippen molar-refractivity contribution in [3.8, 4) is 5.75 Å². The first-order valence-corrected chi connectivity index (χ1v) is 8.71. The molecule has 0 fully saturated rings. The second-order valence-electron chi connectivity index (χ2n) is 6.11. The molecule has 0 saturated heterocycles. The number of benzene rings is 2. The van der Waals surface area contributed by atoms with Crippen molar-refractivity contribution < 1.29 is 28.8 Å². The fraction of sp³-hybridized carbons (Fsp3) is 0.250. The summed E-state index contributed by atoms with van der Waals surface area (Å²) in [4.78, 5) is 45.3. The number of nitrogens with one attached hydrogen (secondary N) is 1. The summed E-state index contributed by atoms with van der Waals surface area (Å²) in [5.74, 6) is -0.905. The number of carbonyl (C=O) groups excluding carboxylic acids is 3.